The summed E-state index contributed by atoms with van der Waals surface area (Å²) >= 11 is 3.40. The fraction of sp³-hybridized carbons (Fsp3) is 0. The van der Waals surface area contributed by atoms with E-state index in [1.54, 1.807) is 0 Å². The lowest BCUT2D eigenvalue weighted by atomic mass is 10.0. The predicted octanol–water partition coefficient (Wildman–Crippen LogP) is 5.12. The number of aromatic nitrogens is 3. The van der Waals surface area contributed by atoms with Gasteiger partial charge in [-0.25, -0.2) is 15.0 Å². The lowest BCUT2D eigenvalue weighted by molar-refractivity contribution is 1.21. The van der Waals surface area contributed by atoms with E-state index >= 15 is 0 Å². The van der Waals surface area contributed by atoms with Gasteiger partial charge in [0.05, 0.1) is 11.4 Å². The topological polar surface area (TPSA) is 38.7 Å². The van der Waals surface area contributed by atoms with Crippen molar-refractivity contribution in [2.75, 3.05) is 0 Å². The molecule has 3 nitrogen and oxygen atoms in total. The second kappa shape index (κ2) is 5.89. The third kappa shape index (κ3) is 2.73. The number of rotatable bonds is 2. The van der Waals surface area contributed by atoms with Crippen molar-refractivity contribution in [3.63, 3.8) is 0 Å². The Bertz CT molecular complexity index is 970. The second-order valence-electron chi connectivity index (χ2n) is 5.13. The van der Waals surface area contributed by atoms with Crippen LogP contribution < -0.4 is 0 Å². The zero-order chi connectivity index (χ0) is 15.6. The van der Waals surface area contributed by atoms with Crippen molar-refractivity contribution in [2.45, 2.75) is 0 Å². The molecule has 0 aliphatic heterocycles. The Morgan fingerprint density at radius 2 is 1.13 bits per heavy atom. The molecule has 110 valence electrons. The smallest absolute Gasteiger partial charge is 0.179 e. The summed E-state index contributed by atoms with van der Waals surface area (Å²) in [5.41, 5.74) is 5.21. The van der Waals surface area contributed by atoms with E-state index in [9.17, 15) is 0 Å². The van der Waals surface area contributed by atoms with Crippen LogP contribution in [0, 0.1) is 0 Å². The van der Waals surface area contributed by atoms with Crippen LogP contribution in [0.4, 0.5) is 0 Å². The molecule has 0 aliphatic rings. The molecular formula is C19H12BrN3. The second-order valence-corrected chi connectivity index (χ2v) is 5.94. The Morgan fingerprint density at radius 1 is 0.565 bits per heavy atom. The van der Waals surface area contributed by atoms with Gasteiger partial charge in [-0.3, -0.25) is 0 Å². The van der Waals surface area contributed by atoms with Crippen LogP contribution in [-0.4, -0.2) is 15.0 Å². The Kier molecular flexibility index (Phi) is 3.60. The van der Waals surface area contributed by atoms with Gasteiger partial charge in [-0.1, -0.05) is 60.7 Å². The molecule has 0 bridgehead atoms. The van der Waals surface area contributed by atoms with E-state index in [1.165, 1.54) is 0 Å². The summed E-state index contributed by atoms with van der Waals surface area (Å²) in [7, 11) is 0. The van der Waals surface area contributed by atoms with Crippen LogP contribution in [0.3, 0.4) is 0 Å². The van der Waals surface area contributed by atoms with E-state index in [-0.39, 0.29) is 0 Å². The number of pyridine rings is 1. The average molecular weight is 362 g/mol. The number of benzene rings is 2. The van der Waals surface area contributed by atoms with Gasteiger partial charge in [0, 0.05) is 11.1 Å². The van der Waals surface area contributed by atoms with Crippen molar-refractivity contribution in [1.82, 2.24) is 15.0 Å². The molecule has 0 unspecified atom stereocenters. The maximum absolute atomic E-state index is 4.82. The monoisotopic (exact) mass is 361 g/mol. The number of hydrogen-bond acceptors (Lipinski definition) is 3. The first kappa shape index (κ1) is 14.0. The van der Waals surface area contributed by atoms with Gasteiger partial charge < -0.3 is 0 Å². The lowest BCUT2D eigenvalue weighted by Crippen LogP contribution is -1.97. The molecular weight excluding hydrogens is 350 g/mol. The Labute approximate surface area is 142 Å². The lowest BCUT2D eigenvalue weighted by Gasteiger charge is -2.10. The maximum atomic E-state index is 4.82. The molecule has 0 amide bonds. The van der Waals surface area contributed by atoms with E-state index in [1.807, 2.05) is 60.7 Å². The van der Waals surface area contributed by atoms with E-state index in [2.05, 4.69) is 33.0 Å². The molecule has 0 saturated carbocycles. The van der Waals surface area contributed by atoms with E-state index < -0.39 is 0 Å². The number of nitrogens with zero attached hydrogens (tertiary/aromatic N) is 3. The predicted molar refractivity (Wildman–Crippen MR) is 95.9 cm³/mol. The third-order valence-electron chi connectivity index (χ3n) is 3.59. The standard InChI is InChI=1S/C19H12BrN3/c20-16-12-11-15-19(22-16)23-18(14-9-5-2-6-10-14)17(21-15)13-7-3-1-4-8-13/h1-12H. The molecule has 0 fully saturated rings. The molecule has 4 rings (SSSR count). The van der Waals surface area contributed by atoms with Gasteiger partial charge >= 0.3 is 0 Å². The van der Waals surface area contributed by atoms with E-state index in [0.717, 1.165) is 32.6 Å². The molecule has 23 heavy (non-hydrogen) atoms. The Morgan fingerprint density at radius 3 is 1.74 bits per heavy atom. The molecule has 0 saturated heterocycles. The zero-order valence-corrected chi connectivity index (χ0v) is 13.7. The van der Waals surface area contributed by atoms with Crippen molar-refractivity contribution >= 4 is 27.1 Å². The first-order chi connectivity index (χ1) is 11.3. The SMILES string of the molecule is Brc1ccc2nc(-c3ccccc3)c(-c3ccccc3)nc2n1. The fourth-order valence-electron chi connectivity index (χ4n) is 2.51. The molecule has 2 heterocycles. The molecule has 2 aromatic carbocycles. The highest BCUT2D eigenvalue weighted by atomic mass is 79.9. The summed E-state index contributed by atoms with van der Waals surface area (Å²) in [6.45, 7) is 0. The minimum Gasteiger partial charge on any atom is -0.242 e. The Balaban J connectivity index is 2.04. The number of hydrogen-bond donors (Lipinski definition) is 0. The van der Waals surface area contributed by atoms with E-state index in [4.69, 9.17) is 9.97 Å². The molecule has 0 aliphatic carbocycles. The highest BCUT2D eigenvalue weighted by Crippen LogP contribution is 2.30. The first-order valence-electron chi connectivity index (χ1n) is 7.26. The molecule has 2 aromatic heterocycles. The molecule has 0 radical (unpaired) electrons. The van der Waals surface area contributed by atoms with Crippen molar-refractivity contribution in [3.05, 3.63) is 77.4 Å². The number of halogens is 1. The van der Waals surface area contributed by atoms with Gasteiger partial charge in [0.1, 0.15) is 10.1 Å². The number of fused-ring (bicyclic) bond motifs is 1. The van der Waals surface area contributed by atoms with Crippen LogP contribution in [0.2, 0.25) is 0 Å². The van der Waals surface area contributed by atoms with E-state index in [0.29, 0.717) is 5.65 Å². The van der Waals surface area contributed by atoms with Gasteiger partial charge in [0.25, 0.3) is 0 Å². The van der Waals surface area contributed by atoms with Gasteiger partial charge in [0.2, 0.25) is 0 Å². The van der Waals surface area contributed by atoms with Gasteiger partial charge in [0.15, 0.2) is 5.65 Å². The first-order valence-corrected chi connectivity index (χ1v) is 8.06. The quantitative estimate of drug-likeness (QED) is 0.465. The molecule has 0 atom stereocenters. The highest BCUT2D eigenvalue weighted by Gasteiger charge is 2.13. The fourth-order valence-corrected chi connectivity index (χ4v) is 2.81. The minimum atomic E-state index is 0.637. The van der Waals surface area contributed by atoms with Gasteiger partial charge in [-0.05, 0) is 28.1 Å². The highest BCUT2D eigenvalue weighted by molar-refractivity contribution is 9.10. The average Bonchev–Trinajstić information content (AvgIpc) is 2.62. The molecule has 0 N–H and O–H groups in total. The summed E-state index contributed by atoms with van der Waals surface area (Å²) in [6.07, 6.45) is 0. The van der Waals surface area contributed by atoms with Crippen LogP contribution in [0.25, 0.3) is 33.7 Å². The zero-order valence-electron chi connectivity index (χ0n) is 12.1. The summed E-state index contributed by atoms with van der Waals surface area (Å²) in [6, 6.07) is 24.0. The normalized spacial score (nSPS) is 10.8. The van der Waals surface area contributed by atoms with Gasteiger partial charge in [-0.15, -0.1) is 0 Å². The summed E-state index contributed by atoms with van der Waals surface area (Å²) in [4.78, 5) is 14.0. The van der Waals surface area contributed by atoms with Crippen LogP contribution in [0.5, 0.6) is 0 Å². The molecule has 0 spiro atoms. The minimum absolute atomic E-state index is 0.637. The Hall–Kier alpha value is -2.59. The van der Waals surface area contributed by atoms with Crippen molar-refractivity contribution in [2.24, 2.45) is 0 Å². The van der Waals surface area contributed by atoms with Gasteiger partial charge in [-0.2, -0.15) is 0 Å². The van der Waals surface area contributed by atoms with Crippen molar-refractivity contribution < 1.29 is 0 Å². The van der Waals surface area contributed by atoms with Crippen molar-refractivity contribution in [3.8, 4) is 22.5 Å². The van der Waals surface area contributed by atoms with Crippen LogP contribution in [-0.2, 0) is 0 Å². The summed E-state index contributed by atoms with van der Waals surface area (Å²) in [5.74, 6) is 0. The third-order valence-corrected chi connectivity index (χ3v) is 4.03. The van der Waals surface area contributed by atoms with Crippen molar-refractivity contribution in [1.29, 1.82) is 0 Å². The van der Waals surface area contributed by atoms with Crippen LogP contribution in [0.1, 0.15) is 0 Å². The molecule has 4 aromatic rings. The largest absolute Gasteiger partial charge is 0.242 e. The van der Waals surface area contributed by atoms with Crippen LogP contribution >= 0.6 is 15.9 Å². The van der Waals surface area contributed by atoms with Crippen LogP contribution in [0.15, 0.2) is 77.4 Å². The molecule has 4 heteroatoms. The summed E-state index contributed by atoms with van der Waals surface area (Å²) in [5, 5.41) is 0. The summed E-state index contributed by atoms with van der Waals surface area (Å²) < 4.78 is 0.755. The maximum Gasteiger partial charge on any atom is 0.179 e.